The molecule has 2 unspecified atom stereocenters. The highest BCUT2D eigenvalue weighted by Crippen LogP contribution is 2.66. The summed E-state index contributed by atoms with van der Waals surface area (Å²) in [5, 5.41) is 3.55. The molecule has 24 heavy (non-hydrogen) atoms. The van der Waals surface area contributed by atoms with Crippen molar-refractivity contribution in [3.8, 4) is 0 Å². The van der Waals surface area contributed by atoms with Crippen LogP contribution in [0.5, 0.6) is 0 Å². The predicted octanol–water partition coefficient (Wildman–Crippen LogP) is 4.16. The van der Waals surface area contributed by atoms with Gasteiger partial charge in [0.15, 0.2) is 0 Å². The Balaban J connectivity index is 1.77. The second-order valence-electron chi connectivity index (χ2n) is 9.52. The fraction of sp³-hybridized carbons (Fsp3) is 0.900. The van der Waals surface area contributed by atoms with E-state index in [-0.39, 0.29) is 28.7 Å². The molecule has 4 saturated carbocycles. The topological polar surface area (TPSA) is 63.6 Å². The van der Waals surface area contributed by atoms with Gasteiger partial charge >= 0.3 is 0 Å². The molecule has 4 aliphatic rings. The van der Waals surface area contributed by atoms with Gasteiger partial charge < -0.3 is 0 Å². The van der Waals surface area contributed by atoms with E-state index < -0.39 is 0 Å². The summed E-state index contributed by atoms with van der Waals surface area (Å²) in [5.74, 6) is 2.37. The molecule has 0 radical (unpaired) electrons. The molecule has 132 valence electrons. The lowest BCUT2D eigenvalue weighted by atomic mass is 9.42. The predicted molar refractivity (Wildman–Crippen MR) is 91.3 cm³/mol. The summed E-state index contributed by atoms with van der Waals surface area (Å²) in [5.41, 5.74) is -0.146. The zero-order valence-corrected chi connectivity index (χ0v) is 15.1. The van der Waals surface area contributed by atoms with Gasteiger partial charge in [0.1, 0.15) is 11.6 Å². The van der Waals surface area contributed by atoms with Gasteiger partial charge in [-0.25, -0.2) is 0 Å². The number of rotatable bonds is 1. The number of nitrogens with zero attached hydrogens (tertiary/aromatic N) is 1. The lowest BCUT2D eigenvalue weighted by Crippen LogP contribution is -2.60. The maximum Gasteiger partial charge on any atom is 0.139 e. The highest BCUT2D eigenvalue weighted by molar-refractivity contribution is 5.87. The van der Waals surface area contributed by atoms with Crippen molar-refractivity contribution in [2.45, 2.75) is 71.8 Å². The summed E-state index contributed by atoms with van der Waals surface area (Å²) in [4.78, 5) is 36.4. The van der Waals surface area contributed by atoms with Crippen LogP contribution in [0.1, 0.15) is 65.7 Å². The summed E-state index contributed by atoms with van der Waals surface area (Å²) >= 11 is 0. The molecule has 0 bridgehead atoms. The molecular formula is C20H29NO3. The van der Waals surface area contributed by atoms with Crippen LogP contribution < -0.4 is 0 Å². The normalized spacial score (nSPS) is 54.0. The molecule has 4 aliphatic carbocycles. The van der Waals surface area contributed by atoms with Crippen LogP contribution >= 0.6 is 0 Å². The quantitative estimate of drug-likeness (QED) is 0.678. The Morgan fingerprint density at radius 3 is 2.46 bits per heavy atom. The Kier molecular flexibility index (Phi) is 3.57. The van der Waals surface area contributed by atoms with Crippen molar-refractivity contribution < 1.29 is 9.59 Å². The van der Waals surface area contributed by atoms with Crippen molar-refractivity contribution in [2.75, 3.05) is 0 Å². The monoisotopic (exact) mass is 331 g/mol. The van der Waals surface area contributed by atoms with Crippen LogP contribution in [0, 0.1) is 45.3 Å². The molecule has 4 rings (SSSR count). The van der Waals surface area contributed by atoms with Crippen LogP contribution in [0.3, 0.4) is 0 Å². The van der Waals surface area contributed by atoms with Crippen LogP contribution in [0.2, 0.25) is 0 Å². The van der Waals surface area contributed by atoms with Gasteiger partial charge in [0.05, 0.1) is 6.04 Å². The lowest BCUT2D eigenvalue weighted by Gasteiger charge is -2.62. The number of carbonyl (C=O) groups is 2. The molecule has 0 aliphatic heterocycles. The highest BCUT2D eigenvalue weighted by atomic mass is 16.3. The summed E-state index contributed by atoms with van der Waals surface area (Å²) in [6, 6.07) is -0.265. The van der Waals surface area contributed by atoms with Crippen molar-refractivity contribution >= 4 is 11.6 Å². The number of nitroso groups, excluding NO2 is 1. The Labute approximate surface area is 144 Å². The van der Waals surface area contributed by atoms with E-state index in [2.05, 4.69) is 25.9 Å². The fourth-order valence-corrected chi connectivity index (χ4v) is 7.38. The van der Waals surface area contributed by atoms with Crippen LogP contribution in [0.15, 0.2) is 5.18 Å². The number of hydrogen-bond acceptors (Lipinski definition) is 4. The maximum atomic E-state index is 12.5. The summed E-state index contributed by atoms with van der Waals surface area (Å²) < 4.78 is 0. The third-order valence-electron chi connectivity index (χ3n) is 8.81. The largest absolute Gasteiger partial charge is 0.300 e. The molecule has 0 heterocycles. The zero-order valence-electron chi connectivity index (χ0n) is 15.1. The summed E-state index contributed by atoms with van der Waals surface area (Å²) in [7, 11) is 0. The Bertz CT molecular complexity index is 602. The van der Waals surface area contributed by atoms with Gasteiger partial charge in [-0.1, -0.05) is 25.9 Å². The Hall–Kier alpha value is -1.06. The number of hydrogen-bond donors (Lipinski definition) is 0. The molecule has 0 aromatic heterocycles. The van der Waals surface area contributed by atoms with Crippen LogP contribution in [0.4, 0.5) is 0 Å². The third-order valence-corrected chi connectivity index (χ3v) is 8.81. The highest BCUT2D eigenvalue weighted by Gasteiger charge is 2.64. The van der Waals surface area contributed by atoms with E-state index in [1.165, 1.54) is 0 Å². The summed E-state index contributed by atoms with van der Waals surface area (Å²) in [6.07, 6.45) is 5.81. The van der Waals surface area contributed by atoms with Crippen LogP contribution in [-0.4, -0.2) is 17.6 Å². The first-order valence-corrected chi connectivity index (χ1v) is 9.70. The lowest BCUT2D eigenvalue weighted by molar-refractivity contribution is -0.156. The van der Waals surface area contributed by atoms with Gasteiger partial charge in [-0.05, 0) is 60.7 Å². The minimum Gasteiger partial charge on any atom is -0.300 e. The number of Topliss-reactive ketones (excluding diaryl/α,β-unsaturated/α-hetero) is 2. The number of fused-ring (bicyclic) bond motifs is 5. The van der Waals surface area contributed by atoms with Crippen molar-refractivity contribution in [1.82, 2.24) is 0 Å². The van der Waals surface area contributed by atoms with E-state index in [0.29, 0.717) is 48.6 Å². The van der Waals surface area contributed by atoms with E-state index in [1.54, 1.807) is 0 Å². The first-order valence-electron chi connectivity index (χ1n) is 9.70. The molecule has 4 fully saturated rings. The molecule has 0 spiro atoms. The van der Waals surface area contributed by atoms with Crippen molar-refractivity contribution in [1.29, 1.82) is 0 Å². The molecule has 0 aromatic carbocycles. The second-order valence-corrected chi connectivity index (χ2v) is 9.52. The molecular weight excluding hydrogens is 302 g/mol. The van der Waals surface area contributed by atoms with Crippen LogP contribution in [0.25, 0.3) is 0 Å². The van der Waals surface area contributed by atoms with Gasteiger partial charge in [-0.15, -0.1) is 0 Å². The summed E-state index contributed by atoms with van der Waals surface area (Å²) in [6.45, 7) is 6.64. The molecule has 4 nitrogen and oxygen atoms in total. The molecule has 4 heteroatoms. The third kappa shape index (κ3) is 1.91. The van der Waals surface area contributed by atoms with E-state index in [9.17, 15) is 14.5 Å². The van der Waals surface area contributed by atoms with Gasteiger partial charge in [0, 0.05) is 24.7 Å². The fourth-order valence-electron chi connectivity index (χ4n) is 7.38. The van der Waals surface area contributed by atoms with E-state index in [0.717, 1.165) is 25.7 Å². The van der Waals surface area contributed by atoms with E-state index >= 15 is 0 Å². The second kappa shape index (κ2) is 5.22. The van der Waals surface area contributed by atoms with E-state index in [1.807, 2.05) is 0 Å². The van der Waals surface area contributed by atoms with Crippen molar-refractivity contribution in [3.05, 3.63) is 4.91 Å². The Morgan fingerprint density at radius 1 is 1.00 bits per heavy atom. The molecule has 0 aromatic rings. The SMILES string of the molecule is C[C@@H]1C(N=O)C2CC(=O)CC[C@]2(C)[C@H]2CC[C@]3(C)C(=O)CC[C@H]3[C@H]12. The maximum absolute atomic E-state index is 12.5. The standard InChI is InChI=1S/C20H29NO3/c1-11-17-13-4-5-16(23)20(13,3)9-7-14(17)19(2)8-6-12(22)10-15(19)18(11)21-24/h11,13-15,17-18H,4-10H2,1-3H3/t11-,13-,14-,15?,17-,18?,19+,20-/m0/s1. The number of carbonyl (C=O) groups excluding carboxylic acids is 2. The van der Waals surface area contributed by atoms with Gasteiger partial charge in [-0.3, -0.25) is 9.59 Å². The van der Waals surface area contributed by atoms with Gasteiger partial charge in [-0.2, -0.15) is 4.91 Å². The number of ketones is 2. The molecule has 0 amide bonds. The smallest absolute Gasteiger partial charge is 0.139 e. The molecule has 8 atom stereocenters. The average molecular weight is 331 g/mol. The van der Waals surface area contributed by atoms with E-state index in [4.69, 9.17) is 0 Å². The first kappa shape index (κ1) is 16.4. The molecule has 0 N–H and O–H groups in total. The minimum atomic E-state index is -0.265. The van der Waals surface area contributed by atoms with Crippen molar-refractivity contribution in [3.63, 3.8) is 0 Å². The van der Waals surface area contributed by atoms with Crippen LogP contribution in [-0.2, 0) is 9.59 Å². The average Bonchev–Trinajstić information content (AvgIpc) is 2.85. The van der Waals surface area contributed by atoms with Crippen molar-refractivity contribution in [2.24, 2.45) is 45.6 Å². The van der Waals surface area contributed by atoms with Gasteiger partial charge in [0.2, 0.25) is 0 Å². The molecule has 0 saturated heterocycles. The van der Waals surface area contributed by atoms with Gasteiger partial charge in [0.25, 0.3) is 0 Å². The zero-order chi connectivity index (χ0) is 17.3. The first-order chi connectivity index (χ1) is 11.3. The minimum absolute atomic E-state index is 0.0383. The Morgan fingerprint density at radius 2 is 1.75 bits per heavy atom.